The minimum Gasteiger partial charge on any atom is -0.328 e. The maximum atomic E-state index is 12.5. The first-order valence-electron chi connectivity index (χ1n) is 8.39. The summed E-state index contributed by atoms with van der Waals surface area (Å²) in [6.07, 6.45) is 1.72. The van der Waals surface area contributed by atoms with E-state index in [2.05, 4.69) is 11.4 Å². The zero-order valence-corrected chi connectivity index (χ0v) is 16.7. The van der Waals surface area contributed by atoms with Gasteiger partial charge in [0.1, 0.15) is 0 Å². The van der Waals surface area contributed by atoms with Crippen LogP contribution in [0.1, 0.15) is 18.4 Å². The molecule has 1 heterocycles. The summed E-state index contributed by atoms with van der Waals surface area (Å²) in [7, 11) is 0. The summed E-state index contributed by atoms with van der Waals surface area (Å²) in [5.41, 5.74) is 7.91. The monoisotopic (exact) mass is 411 g/mol. The Kier molecular flexibility index (Phi) is 8.10. The van der Waals surface area contributed by atoms with Crippen LogP contribution in [-0.2, 0) is 5.75 Å². The second-order valence-electron chi connectivity index (χ2n) is 6.17. The quantitative estimate of drug-likeness (QED) is 0.695. The second kappa shape index (κ2) is 10.1. The number of hydrogen-bond donors (Lipinski definition) is 2. The zero-order valence-electron chi connectivity index (χ0n) is 14.4. The van der Waals surface area contributed by atoms with Crippen LogP contribution in [0.5, 0.6) is 0 Å². The van der Waals surface area contributed by atoms with Crippen molar-refractivity contribution in [1.82, 2.24) is 4.90 Å². The van der Waals surface area contributed by atoms with Crippen molar-refractivity contribution < 1.29 is 4.79 Å². The molecule has 0 bridgehead atoms. The lowest BCUT2D eigenvalue weighted by Crippen LogP contribution is -2.44. The number of urea groups is 1. The third kappa shape index (κ3) is 5.81. The van der Waals surface area contributed by atoms with Gasteiger partial charge in [-0.25, -0.2) is 4.79 Å². The van der Waals surface area contributed by atoms with Gasteiger partial charge in [0.05, 0.1) is 5.69 Å². The minimum absolute atomic E-state index is 0. The Morgan fingerprint density at radius 3 is 2.65 bits per heavy atom. The molecule has 0 aromatic heterocycles. The van der Waals surface area contributed by atoms with Gasteiger partial charge >= 0.3 is 6.03 Å². The molecule has 1 aliphatic heterocycles. The van der Waals surface area contributed by atoms with Crippen LogP contribution in [0.2, 0.25) is 5.02 Å². The fraction of sp³-hybridized carbons (Fsp3) is 0.316. The predicted octanol–water partition coefficient (Wildman–Crippen LogP) is 5.01. The molecule has 140 valence electrons. The van der Waals surface area contributed by atoms with Crippen molar-refractivity contribution in [2.24, 2.45) is 5.73 Å². The molecule has 1 fully saturated rings. The van der Waals surface area contributed by atoms with Gasteiger partial charge in [0, 0.05) is 34.8 Å². The van der Waals surface area contributed by atoms with Gasteiger partial charge in [-0.2, -0.15) is 0 Å². The summed E-state index contributed by atoms with van der Waals surface area (Å²) < 4.78 is 0. The molecule has 3 N–H and O–H groups in total. The first-order chi connectivity index (χ1) is 12.1. The first kappa shape index (κ1) is 20.9. The number of amides is 2. The Labute approximate surface area is 169 Å². The van der Waals surface area contributed by atoms with Crippen molar-refractivity contribution >= 4 is 47.5 Å². The molecule has 0 radical (unpaired) electrons. The molecule has 2 aromatic carbocycles. The maximum Gasteiger partial charge on any atom is 0.321 e. The molecule has 4 nitrogen and oxygen atoms in total. The van der Waals surface area contributed by atoms with E-state index in [0.717, 1.165) is 39.8 Å². The van der Waals surface area contributed by atoms with E-state index < -0.39 is 0 Å². The molecule has 0 saturated carbocycles. The van der Waals surface area contributed by atoms with E-state index in [0.29, 0.717) is 13.1 Å². The summed E-state index contributed by atoms with van der Waals surface area (Å²) in [6, 6.07) is 15.9. The van der Waals surface area contributed by atoms with Gasteiger partial charge in [-0.15, -0.1) is 24.2 Å². The number of halogens is 2. The molecule has 1 aliphatic rings. The van der Waals surface area contributed by atoms with E-state index in [1.54, 1.807) is 11.8 Å². The number of piperidine rings is 1. The molecular formula is C19H23Cl2N3OS. The lowest BCUT2D eigenvalue weighted by Gasteiger charge is -2.30. The van der Waals surface area contributed by atoms with Gasteiger partial charge in [-0.05, 0) is 42.7 Å². The normalized spacial score (nSPS) is 14.6. The molecule has 7 heteroatoms. The predicted molar refractivity (Wildman–Crippen MR) is 113 cm³/mol. The van der Waals surface area contributed by atoms with Gasteiger partial charge < -0.3 is 16.0 Å². The second-order valence-corrected chi connectivity index (χ2v) is 7.62. The van der Waals surface area contributed by atoms with Gasteiger partial charge in [0.15, 0.2) is 0 Å². The number of rotatable bonds is 4. The van der Waals surface area contributed by atoms with Crippen molar-refractivity contribution in [3.8, 4) is 0 Å². The van der Waals surface area contributed by atoms with E-state index in [1.807, 2.05) is 47.4 Å². The van der Waals surface area contributed by atoms with Crippen LogP contribution < -0.4 is 11.1 Å². The third-order valence-corrected chi connectivity index (χ3v) is 5.62. The molecule has 1 saturated heterocycles. The number of likely N-dealkylation sites (tertiary alicyclic amines) is 1. The highest BCUT2D eigenvalue weighted by Gasteiger charge is 2.21. The van der Waals surface area contributed by atoms with Gasteiger partial charge in [0.2, 0.25) is 0 Å². The van der Waals surface area contributed by atoms with Crippen molar-refractivity contribution in [3.63, 3.8) is 0 Å². The van der Waals surface area contributed by atoms with Crippen molar-refractivity contribution in [2.75, 3.05) is 18.4 Å². The molecule has 0 spiro atoms. The minimum atomic E-state index is -0.0531. The van der Waals surface area contributed by atoms with Gasteiger partial charge in [-0.1, -0.05) is 35.9 Å². The number of hydrogen-bond acceptors (Lipinski definition) is 3. The lowest BCUT2D eigenvalue weighted by atomic mass is 10.1. The Hall–Kier alpha value is -1.40. The summed E-state index contributed by atoms with van der Waals surface area (Å²) in [5, 5.41) is 3.78. The molecule has 0 atom stereocenters. The van der Waals surface area contributed by atoms with E-state index in [4.69, 9.17) is 17.3 Å². The third-order valence-electron chi connectivity index (χ3n) is 4.24. The Balaban J connectivity index is 0.00000243. The van der Waals surface area contributed by atoms with Crippen LogP contribution in [-0.4, -0.2) is 30.1 Å². The summed E-state index contributed by atoms with van der Waals surface area (Å²) in [6.45, 7) is 1.43. The Morgan fingerprint density at radius 2 is 1.92 bits per heavy atom. The molecule has 0 unspecified atom stereocenters. The van der Waals surface area contributed by atoms with E-state index >= 15 is 0 Å². The Bertz CT molecular complexity index is 736. The number of nitrogens with one attached hydrogen (secondary N) is 1. The van der Waals surface area contributed by atoms with Crippen LogP contribution in [0.4, 0.5) is 10.5 Å². The number of carbonyl (C=O) groups is 1. The number of thioether (sulfide) groups is 1. The van der Waals surface area contributed by atoms with Gasteiger partial charge in [-0.3, -0.25) is 0 Å². The fourth-order valence-corrected chi connectivity index (χ4v) is 3.94. The summed E-state index contributed by atoms with van der Waals surface area (Å²) in [4.78, 5) is 15.4. The van der Waals surface area contributed by atoms with Crippen LogP contribution >= 0.6 is 35.8 Å². The van der Waals surface area contributed by atoms with E-state index in [1.165, 1.54) is 0 Å². The SMILES string of the molecule is Cl.NC1CCN(C(=O)Nc2ccccc2SCc2cccc(Cl)c2)CC1. The fourth-order valence-electron chi connectivity index (χ4n) is 2.78. The van der Waals surface area contributed by atoms with Gasteiger partial charge in [0.25, 0.3) is 0 Å². The standard InChI is InChI=1S/C19H22ClN3OS.ClH/c20-15-5-3-4-14(12-15)13-25-18-7-2-1-6-17(18)22-19(24)23-10-8-16(21)9-11-23;/h1-7,12,16H,8-11,13,21H2,(H,22,24);1H. The number of carbonyl (C=O) groups excluding carboxylic acids is 1. The zero-order chi connectivity index (χ0) is 17.6. The van der Waals surface area contributed by atoms with Crippen molar-refractivity contribution in [3.05, 3.63) is 59.1 Å². The highest BCUT2D eigenvalue weighted by molar-refractivity contribution is 7.98. The Morgan fingerprint density at radius 1 is 1.19 bits per heavy atom. The highest BCUT2D eigenvalue weighted by Crippen LogP contribution is 2.30. The summed E-state index contributed by atoms with van der Waals surface area (Å²) in [5.74, 6) is 0.798. The highest BCUT2D eigenvalue weighted by atomic mass is 35.5. The molecular weight excluding hydrogens is 389 g/mol. The van der Waals surface area contributed by atoms with Crippen molar-refractivity contribution in [2.45, 2.75) is 29.5 Å². The smallest absolute Gasteiger partial charge is 0.321 e. The average Bonchev–Trinajstić information content (AvgIpc) is 2.61. The van der Waals surface area contributed by atoms with E-state index in [9.17, 15) is 4.79 Å². The number of nitrogens with zero attached hydrogens (tertiary/aromatic N) is 1. The van der Waals surface area contributed by atoms with Crippen LogP contribution in [0.15, 0.2) is 53.4 Å². The molecule has 0 aliphatic carbocycles. The molecule has 2 aromatic rings. The number of anilines is 1. The number of para-hydroxylation sites is 1. The average molecular weight is 412 g/mol. The topological polar surface area (TPSA) is 58.4 Å². The summed E-state index contributed by atoms with van der Waals surface area (Å²) >= 11 is 7.73. The number of benzene rings is 2. The number of nitrogens with two attached hydrogens (primary N) is 1. The van der Waals surface area contributed by atoms with Crippen LogP contribution in [0.3, 0.4) is 0 Å². The molecule has 26 heavy (non-hydrogen) atoms. The van der Waals surface area contributed by atoms with Crippen molar-refractivity contribution in [1.29, 1.82) is 0 Å². The maximum absolute atomic E-state index is 12.5. The lowest BCUT2D eigenvalue weighted by molar-refractivity contribution is 0.195. The largest absolute Gasteiger partial charge is 0.328 e. The first-order valence-corrected chi connectivity index (χ1v) is 9.76. The van der Waals surface area contributed by atoms with E-state index in [-0.39, 0.29) is 24.5 Å². The molecule has 3 rings (SSSR count). The van der Waals surface area contributed by atoms with Crippen LogP contribution in [0, 0.1) is 0 Å². The van der Waals surface area contributed by atoms with Crippen LogP contribution in [0.25, 0.3) is 0 Å². The molecule has 2 amide bonds.